The smallest absolute Gasteiger partial charge is 0.416 e. The summed E-state index contributed by atoms with van der Waals surface area (Å²) in [6.07, 6.45) is -0.288. The van der Waals surface area contributed by atoms with Crippen LogP contribution in [0, 0.1) is 11.6 Å². The van der Waals surface area contributed by atoms with Crippen LogP contribution in [0.2, 0.25) is 0 Å². The van der Waals surface area contributed by atoms with Crippen molar-refractivity contribution in [2.45, 2.75) is 19.3 Å². The predicted octanol–water partition coefficient (Wildman–Crippen LogP) is 5.45. The van der Waals surface area contributed by atoms with E-state index in [9.17, 15) is 26.7 Å². The summed E-state index contributed by atoms with van der Waals surface area (Å²) in [5.74, 6) is -2.40. The van der Waals surface area contributed by atoms with Crippen LogP contribution in [0.25, 0.3) is 0 Å². The number of amides is 1. The van der Waals surface area contributed by atoms with Crippen LogP contribution in [0.5, 0.6) is 5.75 Å². The first kappa shape index (κ1) is 23.9. The molecule has 6 nitrogen and oxygen atoms in total. The molecule has 0 atom stereocenters. The van der Waals surface area contributed by atoms with E-state index in [0.29, 0.717) is 36.0 Å². The minimum atomic E-state index is -4.64. The molecule has 0 radical (unpaired) electrons. The van der Waals surface area contributed by atoms with Crippen molar-refractivity contribution in [3.63, 3.8) is 0 Å². The normalized spacial score (nSPS) is 11.3. The Labute approximate surface area is 196 Å². The van der Waals surface area contributed by atoms with Crippen molar-refractivity contribution in [1.29, 1.82) is 0 Å². The van der Waals surface area contributed by atoms with Gasteiger partial charge < -0.3 is 10.1 Å². The number of benzene rings is 2. The van der Waals surface area contributed by atoms with Crippen LogP contribution >= 0.6 is 0 Å². The monoisotopic (exact) mass is 488 g/mol. The van der Waals surface area contributed by atoms with Crippen LogP contribution in [-0.4, -0.2) is 20.7 Å². The zero-order valence-electron chi connectivity index (χ0n) is 17.9. The summed E-state index contributed by atoms with van der Waals surface area (Å²) in [6.45, 7) is 0.0873. The number of ether oxygens (including phenoxy) is 1. The Morgan fingerprint density at radius 3 is 2.51 bits per heavy atom. The van der Waals surface area contributed by atoms with E-state index >= 15 is 0 Å². The summed E-state index contributed by atoms with van der Waals surface area (Å²) in [5.41, 5.74) is 0.588. The van der Waals surface area contributed by atoms with E-state index < -0.39 is 29.2 Å². The van der Waals surface area contributed by atoms with Crippen LogP contribution in [0.1, 0.15) is 27.2 Å². The first-order valence-electron chi connectivity index (χ1n) is 10.2. The molecule has 0 unspecified atom stereocenters. The van der Waals surface area contributed by atoms with Gasteiger partial charge in [-0.1, -0.05) is 12.1 Å². The van der Waals surface area contributed by atoms with Gasteiger partial charge in [-0.25, -0.2) is 8.78 Å². The van der Waals surface area contributed by atoms with Gasteiger partial charge >= 0.3 is 6.18 Å². The van der Waals surface area contributed by atoms with Crippen LogP contribution in [0.15, 0.2) is 73.2 Å². The Morgan fingerprint density at radius 2 is 1.77 bits per heavy atom. The fraction of sp³-hybridized carbons (Fsp3) is 0.125. The fourth-order valence-corrected chi connectivity index (χ4v) is 3.13. The molecule has 0 aliphatic carbocycles. The quantitative estimate of drug-likeness (QED) is 0.351. The maximum atomic E-state index is 13.9. The van der Waals surface area contributed by atoms with E-state index in [1.807, 2.05) is 0 Å². The van der Waals surface area contributed by atoms with E-state index in [1.54, 1.807) is 23.0 Å². The van der Waals surface area contributed by atoms with E-state index in [4.69, 9.17) is 4.74 Å². The largest absolute Gasteiger partial charge is 0.486 e. The highest BCUT2D eigenvalue weighted by Crippen LogP contribution is 2.32. The van der Waals surface area contributed by atoms with Crippen molar-refractivity contribution in [1.82, 2.24) is 14.8 Å². The highest BCUT2D eigenvalue weighted by atomic mass is 19.4. The number of pyridine rings is 1. The van der Waals surface area contributed by atoms with E-state index in [-0.39, 0.29) is 18.1 Å². The van der Waals surface area contributed by atoms with Crippen molar-refractivity contribution >= 4 is 11.6 Å². The molecule has 2 heterocycles. The molecule has 0 saturated carbocycles. The summed E-state index contributed by atoms with van der Waals surface area (Å²) in [4.78, 5) is 16.6. The number of rotatable bonds is 7. The summed E-state index contributed by atoms with van der Waals surface area (Å²) in [5, 5.41) is 6.78. The number of aromatic nitrogens is 3. The number of carbonyl (C=O) groups excluding carboxylic acids is 1. The second-order valence-corrected chi connectivity index (χ2v) is 7.49. The second-order valence-electron chi connectivity index (χ2n) is 7.49. The molecule has 1 N–H and O–H groups in total. The highest BCUT2D eigenvalue weighted by molar-refractivity contribution is 6.02. The van der Waals surface area contributed by atoms with Crippen molar-refractivity contribution < 1.29 is 31.5 Å². The molecule has 0 spiro atoms. The first-order valence-corrected chi connectivity index (χ1v) is 10.2. The molecule has 0 saturated heterocycles. The molecular weight excluding hydrogens is 471 g/mol. The second kappa shape index (κ2) is 9.92. The van der Waals surface area contributed by atoms with E-state index in [1.165, 1.54) is 36.7 Å². The average Bonchev–Trinajstić information content (AvgIpc) is 3.26. The summed E-state index contributed by atoms with van der Waals surface area (Å²) < 4.78 is 72.2. The van der Waals surface area contributed by atoms with E-state index in [0.717, 1.165) is 5.56 Å². The van der Waals surface area contributed by atoms with Gasteiger partial charge in [0.2, 0.25) is 0 Å². The Balaban J connectivity index is 1.39. The Bertz CT molecular complexity index is 1340. The minimum absolute atomic E-state index is 0.0156. The fourth-order valence-electron chi connectivity index (χ4n) is 3.13. The van der Waals surface area contributed by atoms with Crippen molar-refractivity contribution in [3.8, 4) is 5.75 Å². The molecule has 4 rings (SSSR count). The topological polar surface area (TPSA) is 69.0 Å². The third kappa shape index (κ3) is 6.19. The van der Waals surface area contributed by atoms with Gasteiger partial charge in [-0.3, -0.25) is 14.5 Å². The third-order valence-corrected chi connectivity index (χ3v) is 4.86. The molecule has 0 bridgehead atoms. The standard InChI is InChI=1S/C24H17F5N4O2/c25-18-4-1-15(2-5-18)12-33-13-19(11-31-33)32-23(34)21-9-16(7-8-30-21)14-35-22-10-17(24(27,28)29)3-6-20(22)26/h1-11,13H,12,14H2,(H,32,34). The molecule has 2 aromatic heterocycles. The van der Waals surface area contributed by atoms with Gasteiger partial charge in [-0.15, -0.1) is 0 Å². The van der Waals surface area contributed by atoms with Crippen LogP contribution in [0.3, 0.4) is 0 Å². The number of nitrogens with zero attached hydrogens (tertiary/aromatic N) is 3. The number of hydrogen-bond donors (Lipinski definition) is 1. The van der Waals surface area contributed by atoms with Crippen LogP contribution in [0.4, 0.5) is 27.6 Å². The molecule has 180 valence electrons. The van der Waals surface area contributed by atoms with Gasteiger partial charge in [0.05, 0.1) is 24.0 Å². The summed E-state index contributed by atoms with van der Waals surface area (Å²) in [7, 11) is 0. The molecule has 2 aromatic carbocycles. The van der Waals surface area contributed by atoms with Crippen molar-refractivity contribution in [2.24, 2.45) is 0 Å². The lowest BCUT2D eigenvalue weighted by Gasteiger charge is -2.11. The van der Waals surface area contributed by atoms with Crippen LogP contribution in [-0.2, 0) is 19.3 Å². The average molecular weight is 488 g/mol. The number of alkyl halides is 3. The molecule has 1 amide bonds. The van der Waals surface area contributed by atoms with E-state index in [2.05, 4.69) is 15.4 Å². The third-order valence-electron chi connectivity index (χ3n) is 4.86. The van der Waals surface area contributed by atoms with Crippen molar-refractivity contribution in [2.75, 3.05) is 5.32 Å². The lowest BCUT2D eigenvalue weighted by atomic mass is 10.2. The van der Waals surface area contributed by atoms with Gasteiger partial charge in [0.25, 0.3) is 5.91 Å². The lowest BCUT2D eigenvalue weighted by molar-refractivity contribution is -0.137. The molecule has 0 aliphatic rings. The molecule has 35 heavy (non-hydrogen) atoms. The highest BCUT2D eigenvalue weighted by Gasteiger charge is 2.31. The molecule has 0 fully saturated rings. The number of halogens is 5. The molecule has 0 aliphatic heterocycles. The Morgan fingerprint density at radius 1 is 1.00 bits per heavy atom. The lowest BCUT2D eigenvalue weighted by Crippen LogP contribution is -2.14. The summed E-state index contributed by atoms with van der Waals surface area (Å²) in [6, 6.07) is 10.7. The van der Waals surface area contributed by atoms with Crippen LogP contribution < -0.4 is 10.1 Å². The zero-order valence-corrected chi connectivity index (χ0v) is 17.9. The minimum Gasteiger partial charge on any atom is -0.486 e. The maximum absolute atomic E-state index is 13.9. The zero-order chi connectivity index (χ0) is 25.0. The number of carbonyl (C=O) groups is 1. The van der Waals surface area contributed by atoms with Gasteiger partial charge in [-0.05, 0) is 53.6 Å². The summed E-state index contributed by atoms with van der Waals surface area (Å²) >= 11 is 0. The van der Waals surface area contributed by atoms with Gasteiger partial charge in [0.1, 0.15) is 18.1 Å². The van der Waals surface area contributed by atoms with Gasteiger partial charge in [-0.2, -0.15) is 18.3 Å². The van der Waals surface area contributed by atoms with Gasteiger partial charge in [0.15, 0.2) is 11.6 Å². The SMILES string of the molecule is O=C(Nc1cnn(Cc2ccc(F)cc2)c1)c1cc(COc2cc(C(F)(F)F)ccc2F)ccn1. The number of hydrogen-bond acceptors (Lipinski definition) is 4. The number of nitrogens with one attached hydrogen (secondary N) is 1. The Hall–Kier alpha value is -4.28. The molecular formula is C24H17F5N4O2. The maximum Gasteiger partial charge on any atom is 0.416 e. The molecule has 11 heteroatoms. The molecule has 4 aromatic rings. The number of anilines is 1. The van der Waals surface area contributed by atoms with Gasteiger partial charge in [0, 0.05) is 12.4 Å². The predicted molar refractivity (Wildman–Crippen MR) is 116 cm³/mol. The first-order chi connectivity index (χ1) is 16.7. The Kier molecular flexibility index (Phi) is 6.76. The van der Waals surface area contributed by atoms with Crippen molar-refractivity contribution in [3.05, 3.63) is 107 Å².